The summed E-state index contributed by atoms with van der Waals surface area (Å²) in [6.45, 7) is 6.65. The molecule has 0 aliphatic carbocycles. The molecule has 0 atom stereocenters. The Bertz CT molecular complexity index is 448. The molecule has 19 heavy (non-hydrogen) atoms. The second-order valence-electron chi connectivity index (χ2n) is 5.56. The quantitative estimate of drug-likeness (QED) is 0.846. The molecule has 1 heterocycles. The van der Waals surface area contributed by atoms with Gasteiger partial charge in [-0.1, -0.05) is 23.8 Å². The third-order valence-electron chi connectivity index (χ3n) is 3.89. The molecule has 1 aromatic carbocycles. The van der Waals surface area contributed by atoms with Gasteiger partial charge in [0.1, 0.15) is 0 Å². The third kappa shape index (κ3) is 3.88. The van der Waals surface area contributed by atoms with Gasteiger partial charge in [0, 0.05) is 31.6 Å². The Labute approximate surface area is 115 Å². The van der Waals surface area contributed by atoms with Gasteiger partial charge in [-0.15, -0.1) is 0 Å². The molecular formula is C16H23NO2. The van der Waals surface area contributed by atoms with Gasteiger partial charge in [-0.25, -0.2) is 0 Å². The summed E-state index contributed by atoms with van der Waals surface area (Å²) in [4.78, 5) is 14.5. The number of benzene rings is 1. The number of hydrogen-bond donors (Lipinski definition) is 1. The van der Waals surface area contributed by atoms with E-state index in [0.29, 0.717) is 6.42 Å². The van der Waals surface area contributed by atoms with Crippen LogP contribution in [0.4, 0.5) is 0 Å². The average molecular weight is 261 g/mol. The Morgan fingerprint density at radius 3 is 2.63 bits per heavy atom. The molecule has 3 nitrogen and oxygen atoms in total. The smallest absolute Gasteiger partial charge is 0.164 e. The van der Waals surface area contributed by atoms with Crippen LogP contribution >= 0.6 is 0 Å². The maximum Gasteiger partial charge on any atom is 0.164 e. The Hall–Kier alpha value is -1.19. The predicted molar refractivity (Wildman–Crippen MR) is 76.5 cm³/mol. The van der Waals surface area contributed by atoms with E-state index in [1.54, 1.807) is 0 Å². The molecule has 2 rings (SSSR count). The summed E-state index contributed by atoms with van der Waals surface area (Å²) in [5.41, 5.74) is 3.11. The van der Waals surface area contributed by atoms with Crippen LogP contribution in [0.15, 0.2) is 18.2 Å². The van der Waals surface area contributed by atoms with E-state index < -0.39 is 0 Å². The van der Waals surface area contributed by atoms with Gasteiger partial charge in [-0.3, -0.25) is 4.79 Å². The number of carbonyl (C=O) groups excluding carboxylic acids is 1. The first-order chi connectivity index (χ1) is 9.06. The third-order valence-corrected chi connectivity index (χ3v) is 3.89. The number of rotatable bonds is 4. The molecule has 0 spiro atoms. The van der Waals surface area contributed by atoms with E-state index >= 15 is 0 Å². The van der Waals surface area contributed by atoms with Gasteiger partial charge in [0.2, 0.25) is 0 Å². The SMILES string of the molecule is Cc1ccc(C(=O)CCN2CCC(O)CC2)c(C)c1. The average Bonchev–Trinajstić information content (AvgIpc) is 2.37. The fourth-order valence-corrected chi connectivity index (χ4v) is 2.66. The van der Waals surface area contributed by atoms with Gasteiger partial charge < -0.3 is 10.0 Å². The number of aliphatic hydroxyl groups is 1. The van der Waals surface area contributed by atoms with Crippen molar-refractivity contribution < 1.29 is 9.90 Å². The van der Waals surface area contributed by atoms with Crippen molar-refractivity contribution >= 4 is 5.78 Å². The highest BCUT2D eigenvalue weighted by atomic mass is 16.3. The second kappa shape index (κ2) is 6.31. The lowest BCUT2D eigenvalue weighted by Crippen LogP contribution is -2.37. The summed E-state index contributed by atoms with van der Waals surface area (Å²) in [7, 11) is 0. The predicted octanol–water partition coefficient (Wildman–Crippen LogP) is 2.33. The molecule has 0 radical (unpaired) electrons. The van der Waals surface area contributed by atoms with Crippen LogP contribution in [0.1, 0.15) is 40.7 Å². The summed E-state index contributed by atoms with van der Waals surface area (Å²) >= 11 is 0. The van der Waals surface area contributed by atoms with Gasteiger partial charge in [0.15, 0.2) is 5.78 Å². The standard InChI is InChI=1S/C16H23NO2/c1-12-3-4-15(13(2)11-12)16(19)7-10-17-8-5-14(18)6-9-17/h3-4,11,14,18H,5-10H2,1-2H3. The fraction of sp³-hybridized carbons (Fsp3) is 0.562. The summed E-state index contributed by atoms with van der Waals surface area (Å²) in [5.74, 6) is 0.226. The maximum absolute atomic E-state index is 12.2. The van der Waals surface area contributed by atoms with E-state index in [-0.39, 0.29) is 11.9 Å². The molecular weight excluding hydrogens is 238 g/mol. The molecule has 1 saturated heterocycles. The second-order valence-corrected chi connectivity index (χ2v) is 5.56. The molecule has 0 unspecified atom stereocenters. The van der Waals surface area contributed by atoms with Crippen LogP contribution in [0, 0.1) is 13.8 Å². The molecule has 0 aromatic heterocycles. The number of likely N-dealkylation sites (tertiary alicyclic amines) is 1. The van der Waals surface area contributed by atoms with Crippen molar-refractivity contribution in [2.24, 2.45) is 0 Å². The zero-order valence-electron chi connectivity index (χ0n) is 11.9. The van der Waals surface area contributed by atoms with Crippen molar-refractivity contribution in [2.45, 2.75) is 39.2 Å². The van der Waals surface area contributed by atoms with E-state index in [9.17, 15) is 9.90 Å². The fourth-order valence-electron chi connectivity index (χ4n) is 2.66. The lowest BCUT2D eigenvalue weighted by molar-refractivity contribution is 0.0778. The Morgan fingerprint density at radius 2 is 2.00 bits per heavy atom. The summed E-state index contributed by atoms with van der Waals surface area (Å²) < 4.78 is 0. The minimum Gasteiger partial charge on any atom is -0.393 e. The number of Topliss-reactive ketones (excluding diaryl/α,β-unsaturated/α-hetero) is 1. The minimum atomic E-state index is -0.147. The van der Waals surface area contributed by atoms with E-state index in [4.69, 9.17) is 0 Å². The van der Waals surface area contributed by atoms with Crippen molar-refractivity contribution in [1.82, 2.24) is 4.90 Å². The lowest BCUT2D eigenvalue weighted by Gasteiger charge is -2.29. The van der Waals surface area contributed by atoms with Crippen molar-refractivity contribution in [3.8, 4) is 0 Å². The molecule has 1 aliphatic rings. The highest BCUT2D eigenvalue weighted by Gasteiger charge is 2.18. The first kappa shape index (κ1) is 14.2. The summed E-state index contributed by atoms with van der Waals surface area (Å²) in [6.07, 6.45) is 2.08. The van der Waals surface area contributed by atoms with Gasteiger partial charge in [0.05, 0.1) is 6.10 Å². The highest BCUT2D eigenvalue weighted by Crippen LogP contribution is 2.15. The maximum atomic E-state index is 12.2. The Kier molecular flexibility index (Phi) is 4.72. The molecule has 3 heteroatoms. The number of carbonyl (C=O) groups is 1. The van der Waals surface area contributed by atoms with Crippen LogP contribution in [-0.4, -0.2) is 41.5 Å². The molecule has 0 amide bonds. The van der Waals surface area contributed by atoms with Gasteiger partial charge in [0.25, 0.3) is 0 Å². The zero-order chi connectivity index (χ0) is 13.8. The number of aryl methyl sites for hydroxylation is 2. The van der Waals surface area contributed by atoms with Crippen molar-refractivity contribution in [3.63, 3.8) is 0 Å². The van der Waals surface area contributed by atoms with Crippen LogP contribution in [0.3, 0.4) is 0 Å². The minimum absolute atomic E-state index is 0.147. The van der Waals surface area contributed by atoms with E-state index in [1.165, 1.54) is 5.56 Å². The topological polar surface area (TPSA) is 40.5 Å². The van der Waals surface area contributed by atoms with Crippen molar-refractivity contribution in [1.29, 1.82) is 0 Å². The molecule has 1 N–H and O–H groups in total. The summed E-state index contributed by atoms with van der Waals surface area (Å²) in [6, 6.07) is 5.99. The number of piperidine rings is 1. The first-order valence-corrected chi connectivity index (χ1v) is 7.07. The van der Waals surface area contributed by atoms with Crippen LogP contribution < -0.4 is 0 Å². The molecule has 0 saturated carbocycles. The van der Waals surface area contributed by atoms with Gasteiger partial charge in [-0.2, -0.15) is 0 Å². The largest absolute Gasteiger partial charge is 0.393 e. The number of ketones is 1. The van der Waals surface area contributed by atoms with Crippen molar-refractivity contribution in [3.05, 3.63) is 34.9 Å². The Balaban J connectivity index is 1.87. The van der Waals surface area contributed by atoms with Crippen LogP contribution in [0.5, 0.6) is 0 Å². The normalized spacial score (nSPS) is 17.6. The molecule has 1 aliphatic heterocycles. The molecule has 1 aromatic rings. The van der Waals surface area contributed by atoms with Gasteiger partial charge >= 0.3 is 0 Å². The lowest BCUT2D eigenvalue weighted by atomic mass is 10.00. The Morgan fingerprint density at radius 1 is 1.32 bits per heavy atom. The van der Waals surface area contributed by atoms with E-state index in [2.05, 4.69) is 11.0 Å². The van der Waals surface area contributed by atoms with E-state index in [1.807, 2.05) is 26.0 Å². The first-order valence-electron chi connectivity index (χ1n) is 7.07. The van der Waals surface area contributed by atoms with Crippen LogP contribution in [0.25, 0.3) is 0 Å². The van der Waals surface area contributed by atoms with E-state index in [0.717, 1.165) is 43.6 Å². The zero-order valence-corrected chi connectivity index (χ0v) is 11.9. The van der Waals surface area contributed by atoms with Gasteiger partial charge in [-0.05, 0) is 32.3 Å². The molecule has 1 fully saturated rings. The van der Waals surface area contributed by atoms with Crippen LogP contribution in [-0.2, 0) is 0 Å². The van der Waals surface area contributed by atoms with Crippen LogP contribution in [0.2, 0.25) is 0 Å². The van der Waals surface area contributed by atoms with Crippen molar-refractivity contribution in [2.75, 3.05) is 19.6 Å². The summed E-state index contributed by atoms with van der Waals surface area (Å²) in [5, 5.41) is 9.45. The number of hydrogen-bond acceptors (Lipinski definition) is 3. The number of aliphatic hydroxyl groups excluding tert-OH is 1. The highest BCUT2D eigenvalue weighted by molar-refractivity contribution is 5.97. The molecule has 104 valence electrons. The molecule has 0 bridgehead atoms. The monoisotopic (exact) mass is 261 g/mol. The number of nitrogens with zero attached hydrogens (tertiary/aromatic N) is 1.